The Morgan fingerprint density at radius 2 is 1.71 bits per heavy atom. The van der Waals surface area contributed by atoms with Crippen molar-refractivity contribution in [3.63, 3.8) is 0 Å². The lowest BCUT2D eigenvalue weighted by atomic mass is 10.2. The van der Waals surface area contributed by atoms with Gasteiger partial charge in [0.25, 0.3) is 0 Å². The summed E-state index contributed by atoms with van der Waals surface area (Å²) in [7, 11) is -1.14. The van der Waals surface area contributed by atoms with E-state index in [0.717, 1.165) is 0 Å². The fourth-order valence-corrected chi connectivity index (χ4v) is 2.47. The van der Waals surface area contributed by atoms with Crippen molar-refractivity contribution in [3.8, 4) is 0 Å². The summed E-state index contributed by atoms with van der Waals surface area (Å²) in [6.45, 7) is 7.68. The van der Waals surface area contributed by atoms with Crippen molar-refractivity contribution < 1.29 is 0 Å². The average molecular weight is 205 g/mol. The van der Waals surface area contributed by atoms with Crippen LogP contribution in [0.5, 0.6) is 0 Å². The van der Waals surface area contributed by atoms with E-state index in [1.54, 1.807) is 0 Å². The molecule has 14 heavy (non-hydrogen) atoms. The first kappa shape index (κ1) is 11.2. The molecule has 0 amide bonds. The van der Waals surface area contributed by atoms with Crippen molar-refractivity contribution in [1.29, 1.82) is 0 Å². The molecule has 1 rings (SSSR count). The highest BCUT2D eigenvalue weighted by atomic mass is 28.3. The van der Waals surface area contributed by atoms with E-state index in [1.165, 1.54) is 10.8 Å². The molecule has 0 radical (unpaired) electrons. The van der Waals surface area contributed by atoms with E-state index >= 15 is 0 Å². The van der Waals surface area contributed by atoms with Crippen LogP contribution in [0.1, 0.15) is 5.56 Å². The summed E-state index contributed by atoms with van der Waals surface area (Å²) in [6.07, 6.45) is 4.04. The minimum atomic E-state index is -1.14. The molecule has 0 saturated carbocycles. The Morgan fingerprint density at radius 3 is 2.14 bits per heavy atom. The second kappa shape index (κ2) is 4.58. The van der Waals surface area contributed by atoms with Crippen LogP contribution in [-0.4, -0.2) is 14.6 Å². The van der Waals surface area contributed by atoms with Gasteiger partial charge in [0.05, 0.1) is 8.07 Å². The van der Waals surface area contributed by atoms with Gasteiger partial charge in [0.15, 0.2) is 0 Å². The highest BCUT2D eigenvalue weighted by Crippen LogP contribution is 2.05. The van der Waals surface area contributed by atoms with Crippen LogP contribution in [0.3, 0.4) is 0 Å². The summed E-state index contributed by atoms with van der Waals surface area (Å²) in [6, 6.07) is 8.81. The number of hydrogen-bond acceptors (Lipinski definition) is 1. The Bertz CT molecular complexity index is 306. The maximum Gasteiger partial charge on any atom is 0.0775 e. The summed E-state index contributed by atoms with van der Waals surface area (Å²) in [5.41, 5.74) is 6.63. The fraction of sp³-hybridized carbons (Fsp3) is 0.333. The summed E-state index contributed by atoms with van der Waals surface area (Å²) in [4.78, 5) is 0. The normalized spacial score (nSPS) is 12.3. The number of hydrogen-bond donors (Lipinski definition) is 1. The molecule has 0 bridgehead atoms. The van der Waals surface area contributed by atoms with E-state index < -0.39 is 8.07 Å². The predicted octanol–water partition coefficient (Wildman–Crippen LogP) is 2.20. The molecule has 2 heteroatoms. The molecule has 1 aromatic carbocycles. The average Bonchev–Trinajstić information content (AvgIpc) is 2.14. The van der Waals surface area contributed by atoms with E-state index in [4.69, 9.17) is 5.73 Å². The van der Waals surface area contributed by atoms with Crippen LogP contribution in [0.25, 0.3) is 6.08 Å². The van der Waals surface area contributed by atoms with Gasteiger partial charge in [0.1, 0.15) is 0 Å². The molecule has 0 saturated heterocycles. The molecule has 0 fully saturated rings. The van der Waals surface area contributed by atoms with Gasteiger partial charge in [-0.05, 0) is 5.56 Å². The summed E-state index contributed by atoms with van der Waals surface area (Å²) >= 11 is 0. The molecule has 2 N–H and O–H groups in total. The van der Waals surface area contributed by atoms with Crippen molar-refractivity contribution in [1.82, 2.24) is 0 Å². The lowest BCUT2D eigenvalue weighted by molar-refractivity contribution is 1.26. The van der Waals surface area contributed by atoms with Gasteiger partial charge in [0.2, 0.25) is 0 Å². The Hall–Kier alpha value is -0.863. The van der Waals surface area contributed by atoms with E-state index in [-0.39, 0.29) is 0 Å². The van der Waals surface area contributed by atoms with Gasteiger partial charge < -0.3 is 5.73 Å². The van der Waals surface area contributed by atoms with Crippen molar-refractivity contribution in [2.75, 3.05) is 6.54 Å². The molecule has 0 aliphatic heterocycles. The minimum absolute atomic E-state index is 0.607. The van der Waals surface area contributed by atoms with Gasteiger partial charge in [-0.25, -0.2) is 0 Å². The number of rotatable bonds is 3. The van der Waals surface area contributed by atoms with Gasteiger partial charge in [-0.15, -0.1) is 0 Å². The maximum absolute atomic E-state index is 5.40. The second-order valence-corrected chi connectivity index (χ2v) is 9.59. The fourth-order valence-electron chi connectivity index (χ4n) is 1.30. The van der Waals surface area contributed by atoms with Gasteiger partial charge in [-0.2, -0.15) is 0 Å². The zero-order valence-corrected chi connectivity index (χ0v) is 10.2. The molecule has 0 aliphatic carbocycles. The highest BCUT2D eigenvalue weighted by molar-refractivity contribution is 6.88. The van der Waals surface area contributed by atoms with Gasteiger partial charge in [-0.3, -0.25) is 0 Å². The largest absolute Gasteiger partial charge is 0.327 e. The molecule has 0 unspecified atom stereocenters. The summed E-state index contributed by atoms with van der Waals surface area (Å²) in [5.74, 6) is 0. The predicted molar refractivity (Wildman–Crippen MR) is 67.5 cm³/mol. The zero-order valence-electron chi connectivity index (χ0n) is 9.25. The molecular weight excluding hydrogens is 186 g/mol. The van der Waals surface area contributed by atoms with Crippen molar-refractivity contribution in [3.05, 3.63) is 35.9 Å². The first-order valence-corrected chi connectivity index (χ1v) is 8.51. The Labute approximate surface area is 87.7 Å². The van der Waals surface area contributed by atoms with E-state index in [2.05, 4.69) is 50.0 Å². The standard InChI is InChI=1S/C12H19NSi/c1-14(2,3)12-8-6-11(7-9-12)5-4-10-13/h4-9H,10,13H2,1-3H3. The summed E-state index contributed by atoms with van der Waals surface area (Å²) < 4.78 is 0. The van der Waals surface area contributed by atoms with Crippen LogP contribution in [0.2, 0.25) is 19.6 Å². The molecule has 0 spiro atoms. The Balaban J connectivity index is 2.84. The van der Waals surface area contributed by atoms with Crippen molar-refractivity contribution in [2.45, 2.75) is 19.6 Å². The Kier molecular flexibility index (Phi) is 3.67. The Morgan fingerprint density at radius 1 is 1.14 bits per heavy atom. The first-order chi connectivity index (χ1) is 6.54. The topological polar surface area (TPSA) is 26.0 Å². The molecule has 1 nitrogen and oxygen atoms in total. The molecule has 1 aromatic rings. The monoisotopic (exact) mass is 205 g/mol. The smallest absolute Gasteiger partial charge is 0.0775 e. The van der Waals surface area contributed by atoms with E-state index in [0.29, 0.717) is 6.54 Å². The van der Waals surface area contributed by atoms with Crippen molar-refractivity contribution in [2.24, 2.45) is 5.73 Å². The molecule has 0 aromatic heterocycles. The summed E-state index contributed by atoms with van der Waals surface area (Å²) in [5, 5.41) is 1.50. The minimum Gasteiger partial charge on any atom is -0.327 e. The molecular formula is C12H19NSi. The van der Waals surface area contributed by atoms with E-state index in [1.807, 2.05) is 6.08 Å². The lowest BCUT2D eigenvalue weighted by Crippen LogP contribution is -2.37. The van der Waals surface area contributed by atoms with Crippen LogP contribution in [0, 0.1) is 0 Å². The van der Waals surface area contributed by atoms with Crippen LogP contribution >= 0.6 is 0 Å². The third-order valence-corrected chi connectivity index (χ3v) is 4.29. The van der Waals surface area contributed by atoms with Crippen LogP contribution in [-0.2, 0) is 0 Å². The van der Waals surface area contributed by atoms with Gasteiger partial charge in [-0.1, -0.05) is 61.2 Å². The molecule has 76 valence electrons. The third-order valence-electron chi connectivity index (χ3n) is 2.22. The van der Waals surface area contributed by atoms with Gasteiger partial charge >= 0.3 is 0 Å². The quantitative estimate of drug-likeness (QED) is 0.752. The van der Waals surface area contributed by atoms with Crippen molar-refractivity contribution >= 4 is 19.3 Å². The lowest BCUT2D eigenvalue weighted by Gasteiger charge is -2.16. The maximum atomic E-state index is 5.40. The third kappa shape index (κ3) is 3.12. The van der Waals surface area contributed by atoms with Crippen LogP contribution < -0.4 is 10.9 Å². The van der Waals surface area contributed by atoms with Gasteiger partial charge in [0, 0.05) is 6.54 Å². The van der Waals surface area contributed by atoms with Crippen LogP contribution in [0.15, 0.2) is 30.3 Å². The second-order valence-electron chi connectivity index (χ2n) is 4.51. The zero-order chi connectivity index (χ0) is 10.6. The number of nitrogens with two attached hydrogens (primary N) is 1. The molecule has 0 heterocycles. The highest BCUT2D eigenvalue weighted by Gasteiger charge is 2.14. The number of benzene rings is 1. The molecule has 0 atom stereocenters. The molecule has 0 aliphatic rings. The van der Waals surface area contributed by atoms with Crippen LogP contribution in [0.4, 0.5) is 0 Å². The SMILES string of the molecule is C[Si](C)(C)c1ccc(C=CCN)cc1. The van der Waals surface area contributed by atoms with E-state index in [9.17, 15) is 0 Å². The first-order valence-electron chi connectivity index (χ1n) is 5.01.